The van der Waals surface area contributed by atoms with Gasteiger partial charge in [-0.2, -0.15) is 0 Å². The number of carbonyl (C=O) groups excluding carboxylic acids is 2. The standard InChI is InChI=1S/C33H41N3O6S/c1-4-18-34-33(38)29(22-26-9-6-5-7-10-26)35(24-27-14-12-25(2)13-15-27)32(37)11-8-19-36(43(3,39)40)28-16-17-30-31(23-28)42-21-20-41-30/h5-7,9-10,12-17,23,29H,4,8,11,18-22,24H2,1-3H3,(H,34,38)/t29-/m0/s1. The predicted octanol–water partition coefficient (Wildman–Crippen LogP) is 4.48. The van der Waals surface area contributed by atoms with Crippen LogP contribution in [0.2, 0.25) is 0 Å². The highest BCUT2D eigenvalue weighted by Gasteiger charge is 2.30. The number of nitrogens with one attached hydrogen (secondary N) is 1. The number of benzene rings is 3. The number of aryl methyl sites for hydroxylation is 1. The SMILES string of the molecule is CCCNC(=O)[C@H](Cc1ccccc1)N(Cc1ccc(C)cc1)C(=O)CCCN(c1ccc2c(c1)OCCO2)S(C)(=O)=O. The molecule has 2 amide bonds. The van der Waals surface area contributed by atoms with Gasteiger partial charge in [0.1, 0.15) is 19.3 Å². The van der Waals surface area contributed by atoms with Gasteiger partial charge >= 0.3 is 0 Å². The molecule has 0 aromatic heterocycles. The lowest BCUT2D eigenvalue weighted by molar-refractivity contribution is -0.141. The molecule has 0 fully saturated rings. The smallest absolute Gasteiger partial charge is 0.243 e. The molecule has 1 atom stereocenters. The zero-order valence-electron chi connectivity index (χ0n) is 25.1. The van der Waals surface area contributed by atoms with Crippen molar-refractivity contribution < 1.29 is 27.5 Å². The van der Waals surface area contributed by atoms with Crippen LogP contribution in [-0.2, 0) is 32.6 Å². The first-order chi connectivity index (χ1) is 20.7. The summed E-state index contributed by atoms with van der Waals surface area (Å²) in [5.74, 6) is 0.625. The van der Waals surface area contributed by atoms with Crippen LogP contribution in [0.4, 0.5) is 5.69 Å². The molecule has 230 valence electrons. The summed E-state index contributed by atoms with van der Waals surface area (Å²) in [7, 11) is -3.65. The molecule has 0 saturated heterocycles. The van der Waals surface area contributed by atoms with Crippen molar-refractivity contribution in [3.63, 3.8) is 0 Å². The van der Waals surface area contributed by atoms with Gasteiger partial charge in [0.2, 0.25) is 21.8 Å². The number of sulfonamides is 1. The Morgan fingerprint density at radius 2 is 1.63 bits per heavy atom. The van der Waals surface area contributed by atoms with Gasteiger partial charge in [-0.25, -0.2) is 8.42 Å². The molecule has 0 aliphatic carbocycles. The van der Waals surface area contributed by atoms with Gasteiger partial charge in [0.15, 0.2) is 11.5 Å². The summed E-state index contributed by atoms with van der Waals surface area (Å²) >= 11 is 0. The summed E-state index contributed by atoms with van der Waals surface area (Å²) < 4.78 is 38.1. The molecule has 0 bridgehead atoms. The van der Waals surface area contributed by atoms with Crippen molar-refractivity contribution in [2.45, 2.75) is 52.1 Å². The number of hydrogen-bond donors (Lipinski definition) is 1. The molecule has 1 aliphatic rings. The summed E-state index contributed by atoms with van der Waals surface area (Å²) in [5, 5.41) is 2.98. The fraction of sp³-hybridized carbons (Fsp3) is 0.394. The normalized spacial score (nSPS) is 13.2. The monoisotopic (exact) mass is 607 g/mol. The number of amides is 2. The number of rotatable bonds is 14. The molecule has 0 radical (unpaired) electrons. The summed E-state index contributed by atoms with van der Waals surface area (Å²) in [6.45, 7) is 5.66. The number of nitrogens with zero attached hydrogens (tertiary/aromatic N) is 2. The Hall–Kier alpha value is -4.05. The predicted molar refractivity (Wildman–Crippen MR) is 168 cm³/mol. The van der Waals surface area contributed by atoms with E-state index in [2.05, 4.69) is 5.32 Å². The average Bonchev–Trinajstić information content (AvgIpc) is 3.00. The summed E-state index contributed by atoms with van der Waals surface area (Å²) in [6, 6.07) is 21.8. The first-order valence-electron chi connectivity index (χ1n) is 14.7. The highest BCUT2D eigenvalue weighted by Crippen LogP contribution is 2.34. The molecular formula is C33H41N3O6S. The Kier molecular flexibility index (Phi) is 11.1. The van der Waals surface area contributed by atoms with Crippen LogP contribution >= 0.6 is 0 Å². The second-order valence-electron chi connectivity index (χ2n) is 10.8. The molecule has 0 unspecified atom stereocenters. The van der Waals surface area contributed by atoms with Crippen LogP contribution in [0.15, 0.2) is 72.8 Å². The van der Waals surface area contributed by atoms with Crippen molar-refractivity contribution in [2.75, 3.05) is 36.9 Å². The molecule has 4 rings (SSSR count). The molecule has 1 heterocycles. The molecule has 3 aromatic rings. The average molecular weight is 608 g/mol. The molecule has 3 aromatic carbocycles. The lowest BCUT2D eigenvalue weighted by Crippen LogP contribution is -2.50. The Balaban J connectivity index is 1.56. The van der Waals surface area contributed by atoms with Gasteiger partial charge in [-0.3, -0.25) is 13.9 Å². The third-order valence-corrected chi connectivity index (χ3v) is 8.45. The molecule has 1 N–H and O–H groups in total. The van der Waals surface area contributed by atoms with Gasteiger partial charge < -0.3 is 19.7 Å². The first kappa shape index (κ1) is 31.9. The first-order valence-corrected chi connectivity index (χ1v) is 16.5. The second-order valence-corrected chi connectivity index (χ2v) is 12.7. The van der Waals surface area contributed by atoms with Crippen LogP contribution in [0.5, 0.6) is 11.5 Å². The van der Waals surface area contributed by atoms with Crippen molar-refractivity contribution in [3.05, 3.63) is 89.5 Å². The Morgan fingerprint density at radius 3 is 2.30 bits per heavy atom. The van der Waals surface area contributed by atoms with Crippen LogP contribution in [0, 0.1) is 6.92 Å². The van der Waals surface area contributed by atoms with Gasteiger partial charge in [-0.05, 0) is 43.0 Å². The largest absolute Gasteiger partial charge is 0.486 e. The van der Waals surface area contributed by atoms with Crippen LogP contribution in [0.1, 0.15) is 42.9 Å². The molecule has 1 aliphatic heterocycles. The van der Waals surface area contributed by atoms with E-state index >= 15 is 0 Å². The highest BCUT2D eigenvalue weighted by molar-refractivity contribution is 7.92. The van der Waals surface area contributed by atoms with Crippen molar-refractivity contribution in [1.29, 1.82) is 0 Å². The number of fused-ring (bicyclic) bond motifs is 1. The molecular weight excluding hydrogens is 566 g/mol. The maximum atomic E-state index is 13.9. The number of hydrogen-bond acceptors (Lipinski definition) is 6. The summed E-state index contributed by atoms with van der Waals surface area (Å²) in [4.78, 5) is 29.1. The van der Waals surface area contributed by atoms with E-state index in [1.807, 2.05) is 68.4 Å². The minimum Gasteiger partial charge on any atom is -0.486 e. The van der Waals surface area contributed by atoms with Crippen molar-refractivity contribution in [3.8, 4) is 11.5 Å². The molecule has 0 spiro atoms. The van der Waals surface area contributed by atoms with E-state index in [4.69, 9.17) is 9.47 Å². The van der Waals surface area contributed by atoms with E-state index in [9.17, 15) is 18.0 Å². The Morgan fingerprint density at radius 1 is 0.930 bits per heavy atom. The van der Waals surface area contributed by atoms with Gasteiger partial charge in [0.05, 0.1) is 11.9 Å². The summed E-state index contributed by atoms with van der Waals surface area (Å²) in [6.07, 6.45) is 2.61. The maximum Gasteiger partial charge on any atom is 0.243 e. The number of ether oxygens (including phenoxy) is 2. The van der Waals surface area contributed by atoms with Crippen LogP contribution < -0.4 is 19.1 Å². The fourth-order valence-electron chi connectivity index (χ4n) is 5.00. The van der Waals surface area contributed by atoms with Gasteiger partial charge in [0.25, 0.3) is 0 Å². The van der Waals surface area contributed by atoms with Gasteiger partial charge in [-0.1, -0.05) is 67.1 Å². The zero-order valence-corrected chi connectivity index (χ0v) is 25.9. The van der Waals surface area contributed by atoms with E-state index in [-0.39, 0.29) is 37.7 Å². The lowest BCUT2D eigenvalue weighted by Gasteiger charge is -2.32. The van der Waals surface area contributed by atoms with E-state index in [1.165, 1.54) is 4.31 Å². The third-order valence-electron chi connectivity index (χ3n) is 7.26. The lowest BCUT2D eigenvalue weighted by atomic mass is 10.0. The summed E-state index contributed by atoms with van der Waals surface area (Å²) in [5.41, 5.74) is 3.40. The topological polar surface area (TPSA) is 105 Å². The van der Waals surface area contributed by atoms with Gasteiger partial charge in [0, 0.05) is 38.5 Å². The van der Waals surface area contributed by atoms with E-state index in [0.717, 1.165) is 29.4 Å². The van der Waals surface area contributed by atoms with E-state index in [1.54, 1.807) is 23.1 Å². The minimum absolute atomic E-state index is 0.0643. The van der Waals surface area contributed by atoms with E-state index in [0.29, 0.717) is 43.4 Å². The number of anilines is 1. The molecule has 10 heteroatoms. The van der Waals surface area contributed by atoms with E-state index < -0.39 is 16.1 Å². The van der Waals surface area contributed by atoms with Crippen LogP contribution in [-0.4, -0.2) is 63.7 Å². The molecule has 0 saturated carbocycles. The third kappa shape index (κ3) is 8.97. The maximum absolute atomic E-state index is 13.9. The molecule has 9 nitrogen and oxygen atoms in total. The Bertz CT molecular complexity index is 1480. The van der Waals surface area contributed by atoms with Crippen molar-refractivity contribution in [1.82, 2.24) is 10.2 Å². The van der Waals surface area contributed by atoms with Crippen LogP contribution in [0.3, 0.4) is 0 Å². The quantitative estimate of drug-likeness (QED) is 0.290. The zero-order chi connectivity index (χ0) is 30.8. The van der Waals surface area contributed by atoms with Crippen molar-refractivity contribution in [2.24, 2.45) is 0 Å². The molecule has 43 heavy (non-hydrogen) atoms. The van der Waals surface area contributed by atoms with Crippen LogP contribution in [0.25, 0.3) is 0 Å². The highest BCUT2D eigenvalue weighted by atomic mass is 32.2. The minimum atomic E-state index is -3.65. The van der Waals surface area contributed by atoms with Crippen molar-refractivity contribution >= 4 is 27.5 Å². The number of carbonyl (C=O) groups is 2. The fourth-order valence-corrected chi connectivity index (χ4v) is 5.96. The Labute approximate surface area is 254 Å². The van der Waals surface area contributed by atoms with Gasteiger partial charge in [-0.15, -0.1) is 0 Å². The second kappa shape index (κ2) is 14.9.